The third-order valence-corrected chi connectivity index (χ3v) is 3.63. The molecule has 0 spiro atoms. The number of pyridine rings is 1. The molecule has 1 atom stereocenters. The van der Waals surface area contributed by atoms with Gasteiger partial charge in [-0.05, 0) is 44.0 Å². The van der Waals surface area contributed by atoms with E-state index in [0.29, 0.717) is 11.4 Å². The normalized spacial score (nSPS) is 11.7. The molecule has 0 bridgehead atoms. The van der Waals surface area contributed by atoms with E-state index < -0.39 is 12.1 Å². The Labute approximate surface area is 135 Å². The second kappa shape index (κ2) is 7.05. The standard InChI is InChI=1S/C18H19NO4/c1-11-5-6-14(9-12(11)2)17(20)13(3)23-18(21)15-7-8-16(22-4)19-10-15/h5-10,13H,1-4H3. The van der Waals surface area contributed by atoms with Crippen LogP contribution in [0.25, 0.3) is 0 Å². The Morgan fingerprint density at radius 1 is 1.04 bits per heavy atom. The summed E-state index contributed by atoms with van der Waals surface area (Å²) in [7, 11) is 1.49. The summed E-state index contributed by atoms with van der Waals surface area (Å²) in [6.07, 6.45) is 0.487. The molecule has 5 nitrogen and oxygen atoms in total. The minimum atomic E-state index is -0.869. The minimum Gasteiger partial charge on any atom is -0.481 e. The molecule has 0 radical (unpaired) electrons. The van der Waals surface area contributed by atoms with Crippen LogP contribution >= 0.6 is 0 Å². The lowest BCUT2D eigenvalue weighted by molar-refractivity contribution is 0.0318. The second-order valence-corrected chi connectivity index (χ2v) is 5.30. The number of hydrogen-bond acceptors (Lipinski definition) is 5. The number of carbonyl (C=O) groups excluding carboxylic acids is 2. The highest BCUT2D eigenvalue weighted by Crippen LogP contribution is 2.14. The van der Waals surface area contributed by atoms with Crippen molar-refractivity contribution in [2.24, 2.45) is 0 Å². The maximum absolute atomic E-state index is 12.4. The van der Waals surface area contributed by atoms with E-state index in [4.69, 9.17) is 9.47 Å². The topological polar surface area (TPSA) is 65.5 Å². The Kier molecular flexibility index (Phi) is 5.11. The predicted octanol–water partition coefficient (Wildman–Crippen LogP) is 3.14. The minimum absolute atomic E-state index is 0.233. The van der Waals surface area contributed by atoms with Crippen molar-refractivity contribution < 1.29 is 19.1 Å². The van der Waals surface area contributed by atoms with Gasteiger partial charge in [-0.3, -0.25) is 4.79 Å². The second-order valence-electron chi connectivity index (χ2n) is 5.30. The third kappa shape index (κ3) is 3.94. The van der Waals surface area contributed by atoms with Crippen LogP contribution in [0.1, 0.15) is 38.8 Å². The first kappa shape index (κ1) is 16.7. The van der Waals surface area contributed by atoms with Gasteiger partial charge in [0, 0.05) is 17.8 Å². The van der Waals surface area contributed by atoms with E-state index in [-0.39, 0.29) is 11.3 Å². The lowest BCUT2D eigenvalue weighted by atomic mass is 10.0. The first-order valence-corrected chi connectivity index (χ1v) is 7.25. The van der Waals surface area contributed by atoms with Gasteiger partial charge in [-0.2, -0.15) is 0 Å². The van der Waals surface area contributed by atoms with Crippen LogP contribution in [-0.4, -0.2) is 30.0 Å². The lowest BCUT2D eigenvalue weighted by Gasteiger charge is -2.13. The number of esters is 1. The maximum Gasteiger partial charge on any atom is 0.340 e. The number of benzene rings is 1. The largest absolute Gasteiger partial charge is 0.481 e. The quantitative estimate of drug-likeness (QED) is 0.627. The van der Waals surface area contributed by atoms with Gasteiger partial charge in [-0.15, -0.1) is 0 Å². The molecule has 5 heteroatoms. The van der Waals surface area contributed by atoms with Gasteiger partial charge in [0.15, 0.2) is 6.10 Å². The highest BCUT2D eigenvalue weighted by atomic mass is 16.5. The Bertz CT molecular complexity index is 722. The molecule has 0 fully saturated rings. The molecule has 0 saturated heterocycles. The van der Waals surface area contributed by atoms with Gasteiger partial charge in [-0.25, -0.2) is 9.78 Å². The fourth-order valence-electron chi connectivity index (χ4n) is 2.03. The summed E-state index contributed by atoms with van der Waals surface area (Å²) in [6.45, 7) is 5.47. The molecule has 1 unspecified atom stereocenters. The molecule has 0 N–H and O–H groups in total. The molecule has 2 rings (SSSR count). The summed E-state index contributed by atoms with van der Waals surface area (Å²) in [5.74, 6) is -0.423. The molecule has 0 aliphatic carbocycles. The van der Waals surface area contributed by atoms with Gasteiger partial charge in [0.1, 0.15) is 0 Å². The number of carbonyl (C=O) groups is 2. The number of Topliss-reactive ketones (excluding diaryl/α,β-unsaturated/α-hetero) is 1. The smallest absolute Gasteiger partial charge is 0.340 e. The average Bonchev–Trinajstić information content (AvgIpc) is 2.56. The summed E-state index contributed by atoms with van der Waals surface area (Å²) < 4.78 is 10.2. The molecule has 0 saturated carbocycles. The van der Waals surface area contributed by atoms with Crippen LogP contribution in [0.2, 0.25) is 0 Å². The van der Waals surface area contributed by atoms with Crippen LogP contribution in [0.15, 0.2) is 36.5 Å². The summed E-state index contributed by atoms with van der Waals surface area (Å²) in [6, 6.07) is 8.53. The Morgan fingerprint density at radius 2 is 1.74 bits per heavy atom. The van der Waals surface area contributed by atoms with E-state index in [1.165, 1.54) is 13.3 Å². The Hall–Kier alpha value is -2.69. The van der Waals surface area contributed by atoms with E-state index in [9.17, 15) is 9.59 Å². The highest BCUT2D eigenvalue weighted by molar-refractivity contribution is 6.01. The fourth-order valence-corrected chi connectivity index (χ4v) is 2.03. The Morgan fingerprint density at radius 3 is 2.30 bits per heavy atom. The van der Waals surface area contributed by atoms with Crippen molar-refractivity contribution in [1.82, 2.24) is 4.98 Å². The summed E-state index contributed by atoms with van der Waals surface area (Å²) >= 11 is 0. The van der Waals surface area contributed by atoms with Crippen molar-refractivity contribution in [2.45, 2.75) is 26.9 Å². The van der Waals surface area contributed by atoms with E-state index in [1.807, 2.05) is 19.9 Å². The number of aromatic nitrogens is 1. The molecule has 0 amide bonds. The zero-order valence-electron chi connectivity index (χ0n) is 13.6. The van der Waals surface area contributed by atoms with Gasteiger partial charge in [-0.1, -0.05) is 12.1 Å². The molecule has 0 aliphatic heterocycles. The van der Waals surface area contributed by atoms with Crippen LogP contribution in [0.3, 0.4) is 0 Å². The molecule has 1 aromatic heterocycles. The summed E-state index contributed by atoms with van der Waals surface area (Å²) in [4.78, 5) is 28.4. The molecule has 0 aliphatic rings. The van der Waals surface area contributed by atoms with Crippen molar-refractivity contribution in [3.05, 3.63) is 58.8 Å². The van der Waals surface area contributed by atoms with Crippen molar-refractivity contribution >= 4 is 11.8 Å². The zero-order chi connectivity index (χ0) is 17.0. The SMILES string of the molecule is COc1ccc(C(=O)OC(C)C(=O)c2ccc(C)c(C)c2)cn1. The van der Waals surface area contributed by atoms with Crippen molar-refractivity contribution in [3.63, 3.8) is 0 Å². The van der Waals surface area contributed by atoms with E-state index >= 15 is 0 Å². The number of ketones is 1. The average molecular weight is 313 g/mol. The summed E-state index contributed by atoms with van der Waals surface area (Å²) in [5.41, 5.74) is 2.93. The third-order valence-electron chi connectivity index (χ3n) is 3.63. The molecule has 1 aromatic carbocycles. The number of nitrogens with zero attached hydrogens (tertiary/aromatic N) is 1. The van der Waals surface area contributed by atoms with E-state index in [1.54, 1.807) is 31.2 Å². The first-order valence-electron chi connectivity index (χ1n) is 7.25. The van der Waals surface area contributed by atoms with Gasteiger partial charge >= 0.3 is 5.97 Å². The predicted molar refractivity (Wildman–Crippen MR) is 85.9 cm³/mol. The molecule has 23 heavy (non-hydrogen) atoms. The van der Waals surface area contributed by atoms with Crippen LogP contribution < -0.4 is 4.74 Å². The number of rotatable bonds is 5. The first-order chi connectivity index (χ1) is 10.9. The van der Waals surface area contributed by atoms with Crippen molar-refractivity contribution in [1.29, 1.82) is 0 Å². The molecule has 120 valence electrons. The van der Waals surface area contributed by atoms with Crippen LogP contribution in [-0.2, 0) is 4.74 Å². The highest BCUT2D eigenvalue weighted by Gasteiger charge is 2.21. The number of ether oxygens (including phenoxy) is 2. The lowest BCUT2D eigenvalue weighted by Crippen LogP contribution is -2.24. The van der Waals surface area contributed by atoms with Gasteiger partial charge in [0.05, 0.1) is 12.7 Å². The van der Waals surface area contributed by atoms with Gasteiger partial charge in [0.25, 0.3) is 0 Å². The molecular weight excluding hydrogens is 294 g/mol. The van der Waals surface area contributed by atoms with E-state index in [0.717, 1.165) is 11.1 Å². The molecule has 1 heterocycles. The zero-order valence-corrected chi connectivity index (χ0v) is 13.6. The Balaban J connectivity index is 2.07. The van der Waals surface area contributed by atoms with Crippen molar-refractivity contribution in [2.75, 3.05) is 7.11 Å². The van der Waals surface area contributed by atoms with Gasteiger partial charge in [0.2, 0.25) is 11.7 Å². The van der Waals surface area contributed by atoms with Crippen molar-refractivity contribution in [3.8, 4) is 5.88 Å². The van der Waals surface area contributed by atoms with E-state index in [2.05, 4.69) is 4.98 Å². The summed E-state index contributed by atoms with van der Waals surface area (Å²) in [5, 5.41) is 0. The van der Waals surface area contributed by atoms with Crippen LogP contribution in [0.4, 0.5) is 0 Å². The van der Waals surface area contributed by atoms with Gasteiger partial charge < -0.3 is 9.47 Å². The fraction of sp³-hybridized carbons (Fsp3) is 0.278. The van der Waals surface area contributed by atoms with Crippen LogP contribution in [0, 0.1) is 13.8 Å². The van der Waals surface area contributed by atoms with Crippen LogP contribution in [0.5, 0.6) is 5.88 Å². The monoisotopic (exact) mass is 313 g/mol. The maximum atomic E-state index is 12.4. The number of aryl methyl sites for hydroxylation is 2. The molecular formula is C18H19NO4. The number of methoxy groups -OCH3 is 1. The molecule has 2 aromatic rings. The number of hydrogen-bond donors (Lipinski definition) is 0.